The first kappa shape index (κ1) is 19.5. The fourth-order valence-corrected chi connectivity index (χ4v) is 3.81. The van der Waals surface area contributed by atoms with E-state index in [-0.39, 0.29) is 5.91 Å². The van der Waals surface area contributed by atoms with E-state index in [0.29, 0.717) is 18.2 Å². The molecule has 1 aromatic heterocycles. The summed E-state index contributed by atoms with van der Waals surface area (Å²) in [5.74, 6) is 0.837. The highest BCUT2D eigenvalue weighted by Gasteiger charge is 2.45. The molecule has 1 heterocycles. The second-order valence-electron chi connectivity index (χ2n) is 7.38. The number of hydrogen-bond donors (Lipinski definition) is 1. The van der Waals surface area contributed by atoms with E-state index in [1.807, 2.05) is 66.7 Å². The fraction of sp³-hybridized carbons (Fsp3) is 0.250. The minimum Gasteiger partial charge on any atom is -0.487 e. The number of hydrogen-bond acceptors (Lipinski definition) is 3. The first-order valence-electron chi connectivity index (χ1n) is 9.82. The molecule has 1 aliphatic rings. The molecule has 1 aliphatic carbocycles. The van der Waals surface area contributed by atoms with E-state index in [0.717, 1.165) is 41.8 Å². The van der Waals surface area contributed by atoms with Gasteiger partial charge in [-0.25, -0.2) is 0 Å². The van der Waals surface area contributed by atoms with Crippen molar-refractivity contribution >= 4 is 17.5 Å². The molecule has 0 saturated heterocycles. The minimum atomic E-state index is -0.433. The summed E-state index contributed by atoms with van der Waals surface area (Å²) in [6.45, 7) is 0.880. The first-order valence-corrected chi connectivity index (χ1v) is 10.2. The third-order valence-electron chi connectivity index (χ3n) is 5.50. The number of carbonyl (C=O) groups excluding carboxylic acids is 1. The Morgan fingerprint density at radius 1 is 1.07 bits per heavy atom. The number of carbonyl (C=O) groups is 1. The normalized spacial score (nSPS) is 14.7. The molecule has 0 radical (unpaired) electrons. The van der Waals surface area contributed by atoms with Crippen LogP contribution in [0, 0.1) is 0 Å². The van der Waals surface area contributed by atoms with Crippen LogP contribution in [0.3, 0.4) is 0 Å². The smallest absolute Gasteiger partial charge is 0.230 e. The molecule has 2 aromatic carbocycles. The number of aromatic nitrogens is 1. The predicted molar refractivity (Wildman–Crippen MR) is 114 cm³/mol. The highest BCUT2D eigenvalue weighted by Crippen LogP contribution is 2.44. The van der Waals surface area contributed by atoms with Crippen LogP contribution in [0.15, 0.2) is 72.9 Å². The zero-order valence-electron chi connectivity index (χ0n) is 16.1. The molecule has 1 saturated carbocycles. The van der Waals surface area contributed by atoms with Gasteiger partial charge >= 0.3 is 0 Å². The number of nitrogens with zero attached hydrogens (tertiary/aromatic N) is 1. The summed E-state index contributed by atoms with van der Waals surface area (Å²) in [6, 6.07) is 21.2. The predicted octanol–water partition coefficient (Wildman–Crippen LogP) is 5.05. The van der Waals surface area contributed by atoms with Crippen molar-refractivity contribution in [3.63, 3.8) is 0 Å². The summed E-state index contributed by atoms with van der Waals surface area (Å²) in [5.41, 5.74) is 2.49. The van der Waals surface area contributed by atoms with E-state index < -0.39 is 5.41 Å². The second-order valence-corrected chi connectivity index (χ2v) is 7.82. The topological polar surface area (TPSA) is 51.2 Å². The third-order valence-corrected chi connectivity index (χ3v) is 5.75. The number of nitrogens with one attached hydrogen (secondary N) is 1. The Labute approximate surface area is 175 Å². The summed E-state index contributed by atoms with van der Waals surface area (Å²) < 4.78 is 5.83. The molecule has 29 heavy (non-hydrogen) atoms. The molecule has 0 bridgehead atoms. The summed E-state index contributed by atoms with van der Waals surface area (Å²) in [7, 11) is 0. The van der Waals surface area contributed by atoms with E-state index in [4.69, 9.17) is 16.3 Å². The van der Waals surface area contributed by atoms with E-state index in [2.05, 4.69) is 10.3 Å². The van der Waals surface area contributed by atoms with Crippen LogP contribution in [0.1, 0.15) is 36.1 Å². The van der Waals surface area contributed by atoms with Crippen molar-refractivity contribution < 1.29 is 9.53 Å². The SMILES string of the molecule is O=C(NCc1cccc(OCc2ccccn2)c1)C1(c2ccc(Cl)cc2)CCC1. The van der Waals surface area contributed by atoms with Crippen molar-refractivity contribution in [3.05, 3.63) is 94.8 Å². The molecule has 1 N–H and O–H groups in total. The highest BCUT2D eigenvalue weighted by atomic mass is 35.5. The molecule has 4 nitrogen and oxygen atoms in total. The molecule has 5 heteroatoms. The van der Waals surface area contributed by atoms with Gasteiger partial charge in [-0.2, -0.15) is 0 Å². The number of halogens is 1. The van der Waals surface area contributed by atoms with Gasteiger partial charge in [0, 0.05) is 17.8 Å². The lowest BCUT2D eigenvalue weighted by atomic mass is 9.64. The molecule has 4 rings (SSSR count). The monoisotopic (exact) mass is 406 g/mol. The fourth-order valence-electron chi connectivity index (χ4n) is 3.68. The van der Waals surface area contributed by atoms with Crippen molar-refractivity contribution in [1.29, 1.82) is 0 Å². The standard InChI is InChI=1S/C24H23ClN2O2/c25-20-10-8-19(9-11-20)24(12-4-13-24)23(28)27-16-18-5-3-7-22(15-18)29-17-21-6-1-2-14-26-21/h1-3,5-11,14-15H,4,12-13,16-17H2,(H,27,28). The van der Waals surface area contributed by atoms with Gasteiger partial charge in [0.1, 0.15) is 12.4 Å². The Bertz CT molecular complexity index is 970. The average molecular weight is 407 g/mol. The lowest BCUT2D eigenvalue weighted by Crippen LogP contribution is -2.48. The molecular formula is C24H23ClN2O2. The number of ether oxygens (including phenoxy) is 1. The molecule has 148 valence electrons. The van der Waals surface area contributed by atoms with Gasteiger partial charge in [0.2, 0.25) is 5.91 Å². The second kappa shape index (κ2) is 8.66. The molecule has 0 atom stereocenters. The van der Waals surface area contributed by atoms with Crippen LogP contribution in [0.2, 0.25) is 5.02 Å². The van der Waals surface area contributed by atoms with E-state index in [1.165, 1.54) is 0 Å². The van der Waals surface area contributed by atoms with Crippen LogP contribution in [-0.4, -0.2) is 10.9 Å². The molecule has 3 aromatic rings. The number of amides is 1. The van der Waals surface area contributed by atoms with Crippen molar-refractivity contribution in [2.45, 2.75) is 37.8 Å². The Morgan fingerprint density at radius 3 is 2.59 bits per heavy atom. The average Bonchev–Trinajstić information content (AvgIpc) is 2.72. The maximum atomic E-state index is 13.0. The van der Waals surface area contributed by atoms with Crippen LogP contribution in [-0.2, 0) is 23.4 Å². The van der Waals surface area contributed by atoms with Crippen LogP contribution >= 0.6 is 11.6 Å². The Morgan fingerprint density at radius 2 is 1.90 bits per heavy atom. The highest BCUT2D eigenvalue weighted by molar-refractivity contribution is 6.30. The molecule has 0 spiro atoms. The van der Waals surface area contributed by atoms with E-state index >= 15 is 0 Å². The van der Waals surface area contributed by atoms with Gasteiger partial charge in [0.25, 0.3) is 0 Å². The first-order chi connectivity index (χ1) is 14.2. The van der Waals surface area contributed by atoms with Crippen LogP contribution in [0.25, 0.3) is 0 Å². The van der Waals surface area contributed by atoms with Gasteiger partial charge in [-0.1, -0.05) is 48.4 Å². The molecule has 1 amide bonds. The number of rotatable bonds is 7. The van der Waals surface area contributed by atoms with Gasteiger partial charge < -0.3 is 10.1 Å². The van der Waals surface area contributed by atoms with Crippen molar-refractivity contribution in [3.8, 4) is 5.75 Å². The largest absolute Gasteiger partial charge is 0.487 e. The summed E-state index contributed by atoms with van der Waals surface area (Å²) >= 11 is 6.01. The third kappa shape index (κ3) is 4.43. The van der Waals surface area contributed by atoms with E-state index in [1.54, 1.807) is 6.20 Å². The van der Waals surface area contributed by atoms with Gasteiger partial charge in [-0.05, 0) is 60.4 Å². The number of benzene rings is 2. The van der Waals surface area contributed by atoms with Gasteiger partial charge in [0.05, 0.1) is 11.1 Å². The Hall–Kier alpha value is -2.85. The van der Waals surface area contributed by atoms with Crippen LogP contribution < -0.4 is 10.1 Å². The molecule has 1 fully saturated rings. The minimum absolute atomic E-state index is 0.0749. The van der Waals surface area contributed by atoms with Crippen LogP contribution in [0.5, 0.6) is 5.75 Å². The molecule has 0 aliphatic heterocycles. The van der Waals surface area contributed by atoms with Gasteiger partial charge in [0.15, 0.2) is 0 Å². The zero-order valence-corrected chi connectivity index (χ0v) is 16.9. The maximum Gasteiger partial charge on any atom is 0.230 e. The zero-order chi connectivity index (χ0) is 20.1. The molecular weight excluding hydrogens is 384 g/mol. The van der Waals surface area contributed by atoms with Crippen molar-refractivity contribution in [2.75, 3.05) is 0 Å². The van der Waals surface area contributed by atoms with Crippen molar-refractivity contribution in [1.82, 2.24) is 10.3 Å². The maximum absolute atomic E-state index is 13.0. The lowest BCUT2D eigenvalue weighted by Gasteiger charge is -2.40. The van der Waals surface area contributed by atoms with Crippen LogP contribution in [0.4, 0.5) is 0 Å². The summed E-state index contributed by atoms with van der Waals surface area (Å²) in [4.78, 5) is 17.3. The quantitative estimate of drug-likeness (QED) is 0.597. The number of pyridine rings is 1. The Kier molecular flexibility index (Phi) is 5.81. The lowest BCUT2D eigenvalue weighted by molar-refractivity contribution is -0.130. The van der Waals surface area contributed by atoms with Gasteiger partial charge in [-0.15, -0.1) is 0 Å². The summed E-state index contributed by atoms with van der Waals surface area (Å²) in [6.07, 6.45) is 4.55. The van der Waals surface area contributed by atoms with E-state index in [9.17, 15) is 4.79 Å². The molecule has 0 unspecified atom stereocenters. The summed E-state index contributed by atoms with van der Waals surface area (Å²) in [5, 5.41) is 3.80. The van der Waals surface area contributed by atoms with Crippen molar-refractivity contribution in [2.24, 2.45) is 0 Å². The Balaban J connectivity index is 1.38. The van der Waals surface area contributed by atoms with Gasteiger partial charge in [-0.3, -0.25) is 9.78 Å².